The molecule has 0 bridgehead atoms. The Hall–Kier alpha value is -2.40. The lowest BCUT2D eigenvalue weighted by atomic mass is 10.1. The molecule has 1 N–H and O–H groups in total. The molecule has 1 aliphatic heterocycles. The Labute approximate surface area is 151 Å². The average Bonchev–Trinajstić information content (AvgIpc) is 2.64. The second kappa shape index (κ2) is 8.12. The van der Waals surface area contributed by atoms with Gasteiger partial charge in [-0.1, -0.05) is 11.6 Å². The summed E-state index contributed by atoms with van der Waals surface area (Å²) in [6.45, 7) is 1.92. The molecule has 2 aromatic rings. The Morgan fingerprint density at radius 3 is 2.52 bits per heavy atom. The third-order valence-corrected chi connectivity index (χ3v) is 4.43. The summed E-state index contributed by atoms with van der Waals surface area (Å²) in [7, 11) is 0. The van der Waals surface area contributed by atoms with E-state index in [2.05, 4.69) is 15.4 Å². The molecule has 0 aliphatic carbocycles. The highest BCUT2D eigenvalue weighted by Gasteiger charge is 2.12. The molecule has 130 valence electrons. The molecule has 1 aliphatic rings. The van der Waals surface area contributed by atoms with E-state index in [1.165, 1.54) is 18.7 Å². The Morgan fingerprint density at radius 1 is 1.12 bits per heavy atom. The molecule has 0 unspecified atom stereocenters. The molecule has 6 heteroatoms. The lowest BCUT2D eigenvalue weighted by molar-refractivity contribution is 0.0955. The number of anilines is 1. The molecule has 1 amide bonds. The van der Waals surface area contributed by atoms with Crippen molar-refractivity contribution in [3.8, 4) is 0 Å². The quantitative estimate of drug-likeness (QED) is 0.655. The summed E-state index contributed by atoms with van der Waals surface area (Å²) < 4.78 is 14.3. The van der Waals surface area contributed by atoms with Crippen molar-refractivity contribution in [1.29, 1.82) is 0 Å². The zero-order valence-corrected chi connectivity index (χ0v) is 14.5. The second-order valence-electron chi connectivity index (χ2n) is 5.96. The number of carbonyl (C=O) groups is 1. The van der Waals surface area contributed by atoms with Gasteiger partial charge in [0, 0.05) is 34.9 Å². The fourth-order valence-electron chi connectivity index (χ4n) is 2.80. The van der Waals surface area contributed by atoms with Gasteiger partial charge in [-0.3, -0.25) is 4.79 Å². The van der Waals surface area contributed by atoms with Crippen LogP contribution in [-0.4, -0.2) is 25.2 Å². The minimum Gasteiger partial charge on any atom is -0.371 e. The Morgan fingerprint density at radius 2 is 1.84 bits per heavy atom. The van der Waals surface area contributed by atoms with Crippen molar-refractivity contribution in [2.24, 2.45) is 5.10 Å². The van der Waals surface area contributed by atoms with Gasteiger partial charge in [0.25, 0.3) is 5.91 Å². The van der Waals surface area contributed by atoms with E-state index in [1.807, 2.05) is 6.07 Å². The van der Waals surface area contributed by atoms with Gasteiger partial charge in [0.05, 0.1) is 6.21 Å². The van der Waals surface area contributed by atoms with Crippen LogP contribution in [0.1, 0.15) is 35.2 Å². The number of carbonyl (C=O) groups excluding carboxylic acids is 1. The first kappa shape index (κ1) is 17.4. The van der Waals surface area contributed by atoms with E-state index in [1.54, 1.807) is 30.3 Å². The Bertz CT molecular complexity index is 771. The number of rotatable bonds is 4. The van der Waals surface area contributed by atoms with Crippen LogP contribution < -0.4 is 10.3 Å². The van der Waals surface area contributed by atoms with Crippen molar-refractivity contribution in [1.82, 2.24) is 5.43 Å². The Balaban J connectivity index is 1.63. The average molecular weight is 360 g/mol. The van der Waals surface area contributed by atoms with E-state index in [-0.39, 0.29) is 11.7 Å². The number of piperidine rings is 1. The van der Waals surface area contributed by atoms with Gasteiger partial charge in [0.2, 0.25) is 0 Å². The summed E-state index contributed by atoms with van der Waals surface area (Å²) in [5.41, 5.74) is 4.03. The zero-order chi connectivity index (χ0) is 17.6. The fourth-order valence-corrected chi connectivity index (χ4v) is 2.92. The summed E-state index contributed by atoms with van der Waals surface area (Å²) in [5, 5.41) is 4.38. The molecule has 0 aromatic heterocycles. The summed E-state index contributed by atoms with van der Waals surface area (Å²) in [5.74, 6) is -0.731. The van der Waals surface area contributed by atoms with Gasteiger partial charge in [0.1, 0.15) is 5.82 Å². The van der Waals surface area contributed by atoms with Crippen molar-refractivity contribution in [3.05, 3.63) is 64.4 Å². The summed E-state index contributed by atoms with van der Waals surface area (Å²) in [4.78, 5) is 14.1. The molecule has 25 heavy (non-hydrogen) atoms. The first-order chi connectivity index (χ1) is 12.1. The number of amides is 1. The smallest absolute Gasteiger partial charge is 0.271 e. The predicted molar refractivity (Wildman–Crippen MR) is 99.0 cm³/mol. The molecule has 4 nitrogen and oxygen atoms in total. The maximum atomic E-state index is 14.3. The SMILES string of the molecule is O=C(N/N=C\c1ccc(N2CCCCC2)cc1F)c1ccc(Cl)cc1. The first-order valence-corrected chi connectivity index (χ1v) is 8.65. The standard InChI is InChI=1S/C19H19ClFN3O/c20-16-7-4-14(5-8-16)19(25)23-22-13-15-6-9-17(12-18(15)21)24-10-2-1-3-11-24/h4-9,12-13H,1-3,10-11H2,(H,23,25)/b22-13-. The first-order valence-electron chi connectivity index (χ1n) is 8.27. The Kier molecular flexibility index (Phi) is 5.66. The lowest BCUT2D eigenvalue weighted by Crippen LogP contribution is -2.29. The monoisotopic (exact) mass is 359 g/mol. The van der Waals surface area contributed by atoms with Crippen LogP contribution in [0.15, 0.2) is 47.6 Å². The highest BCUT2D eigenvalue weighted by Crippen LogP contribution is 2.21. The van der Waals surface area contributed by atoms with Crippen molar-refractivity contribution in [3.63, 3.8) is 0 Å². The van der Waals surface area contributed by atoms with Gasteiger partial charge < -0.3 is 4.90 Å². The molecule has 1 saturated heterocycles. The van der Waals surface area contributed by atoms with Gasteiger partial charge >= 0.3 is 0 Å². The maximum absolute atomic E-state index is 14.3. The van der Waals surface area contributed by atoms with Crippen LogP contribution in [0.3, 0.4) is 0 Å². The number of benzene rings is 2. The summed E-state index contributed by atoms with van der Waals surface area (Å²) in [6.07, 6.45) is 4.82. The largest absolute Gasteiger partial charge is 0.371 e. The van der Waals surface area contributed by atoms with Crippen LogP contribution in [0.5, 0.6) is 0 Å². The highest BCUT2D eigenvalue weighted by molar-refractivity contribution is 6.30. The maximum Gasteiger partial charge on any atom is 0.271 e. The molecule has 0 spiro atoms. The van der Waals surface area contributed by atoms with Gasteiger partial charge in [-0.15, -0.1) is 0 Å². The molecular weight excluding hydrogens is 341 g/mol. The van der Waals surface area contributed by atoms with E-state index in [4.69, 9.17) is 11.6 Å². The molecular formula is C19H19ClFN3O. The van der Waals surface area contributed by atoms with Crippen LogP contribution >= 0.6 is 11.6 Å². The van der Waals surface area contributed by atoms with E-state index >= 15 is 0 Å². The third kappa shape index (κ3) is 4.57. The van der Waals surface area contributed by atoms with E-state index in [9.17, 15) is 9.18 Å². The fraction of sp³-hybridized carbons (Fsp3) is 0.263. The number of hydrogen-bond donors (Lipinski definition) is 1. The van der Waals surface area contributed by atoms with Crippen LogP contribution in [0, 0.1) is 5.82 Å². The van der Waals surface area contributed by atoms with E-state index < -0.39 is 0 Å². The molecule has 1 fully saturated rings. The number of nitrogens with one attached hydrogen (secondary N) is 1. The van der Waals surface area contributed by atoms with Crippen molar-refractivity contribution >= 4 is 29.4 Å². The molecule has 0 radical (unpaired) electrons. The van der Waals surface area contributed by atoms with Crippen LogP contribution in [0.25, 0.3) is 0 Å². The van der Waals surface area contributed by atoms with Crippen molar-refractivity contribution in [2.45, 2.75) is 19.3 Å². The van der Waals surface area contributed by atoms with E-state index in [0.29, 0.717) is 16.1 Å². The predicted octanol–water partition coefficient (Wildman–Crippen LogP) is 4.23. The normalized spacial score (nSPS) is 14.7. The zero-order valence-electron chi connectivity index (χ0n) is 13.7. The van der Waals surface area contributed by atoms with Gasteiger partial charge in [-0.2, -0.15) is 5.10 Å². The molecule has 0 saturated carbocycles. The molecule has 2 aromatic carbocycles. The summed E-state index contributed by atoms with van der Waals surface area (Å²) >= 11 is 5.78. The van der Waals surface area contributed by atoms with Crippen LogP contribution in [0.4, 0.5) is 10.1 Å². The second-order valence-corrected chi connectivity index (χ2v) is 6.40. The number of halogens is 2. The van der Waals surface area contributed by atoms with E-state index in [0.717, 1.165) is 31.6 Å². The van der Waals surface area contributed by atoms with Crippen molar-refractivity contribution in [2.75, 3.05) is 18.0 Å². The molecule has 0 atom stereocenters. The third-order valence-electron chi connectivity index (χ3n) is 4.18. The molecule has 3 rings (SSSR count). The van der Waals surface area contributed by atoms with Gasteiger partial charge in [-0.05, 0) is 61.7 Å². The number of hydrogen-bond acceptors (Lipinski definition) is 3. The number of nitrogens with zero attached hydrogens (tertiary/aromatic N) is 2. The number of hydrazone groups is 1. The minimum absolute atomic E-state index is 0.331. The summed E-state index contributed by atoms with van der Waals surface area (Å²) in [6, 6.07) is 11.5. The minimum atomic E-state index is -0.377. The van der Waals surface area contributed by atoms with Gasteiger partial charge in [0.15, 0.2) is 0 Å². The van der Waals surface area contributed by atoms with Gasteiger partial charge in [-0.25, -0.2) is 9.82 Å². The molecule has 1 heterocycles. The van der Waals surface area contributed by atoms with Crippen LogP contribution in [-0.2, 0) is 0 Å². The lowest BCUT2D eigenvalue weighted by Gasteiger charge is -2.28. The van der Waals surface area contributed by atoms with Crippen LogP contribution in [0.2, 0.25) is 5.02 Å². The topological polar surface area (TPSA) is 44.7 Å². The highest BCUT2D eigenvalue weighted by atomic mass is 35.5. The van der Waals surface area contributed by atoms with Crippen molar-refractivity contribution < 1.29 is 9.18 Å².